The molecule has 120 valence electrons. The average Bonchev–Trinajstić information content (AvgIpc) is 3.03. The van der Waals surface area contributed by atoms with Crippen molar-refractivity contribution in [2.45, 2.75) is 12.6 Å². The number of aromatic nitrogens is 1. The Hall–Kier alpha value is -3.07. The van der Waals surface area contributed by atoms with Gasteiger partial charge in [-0.25, -0.2) is 0 Å². The van der Waals surface area contributed by atoms with Crippen LogP contribution in [0.15, 0.2) is 59.1 Å². The maximum Gasteiger partial charge on any atom is 0.416 e. The van der Waals surface area contributed by atoms with Gasteiger partial charge in [-0.3, -0.25) is 0 Å². The summed E-state index contributed by atoms with van der Waals surface area (Å²) in [7, 11) is 0. The molecule has 24 heavy (non-hydrogen) atoms. The molecule has 3 rings (SSSR count). The second-order valence-electron chi connectivity index (χ2n) is 5.25. The van der Waals surface area contributed by atoms with Crippen molar-refractivity contribution in [1.29, 1.82) is 5.26 Å². The van der Waals surface area contributed by atoms with E-state index in [-0.39, 0.29) is 6.42 Å². The van der Waals surface area contributed by atoms with E-state index in [9.17, 15) is 13.2 Å². The smallest absolute Gasteiger partial charge is 0.360 e. The zero-order chi connectivity index (χ0) is 17.2. The lowest BCUT2D eigenvalue weighted by atomic mass is 10.1. The maximum absolute atomic E-state index is 12.7. The quantitative estimate of drug-likeness (QED) is 0.692. The highest BCUT2D eigenvalue weighted by Crippen LogP contribution is 2.30. The van der Waals surface area contributed by atoms with Crippen LogP contribution in [0.4, 0.5) is 13.2 Å². The van der Waals surface area contributed by atoms with E-state index in [0.717, 1.165) is 12.1 Å². The van der Waals surface area contributed by atoms with Gasteiger partial charge in [-0.15, -0.1) is 0 Å². The van der Waals surface area contributed by atoms with Crippen molar-refractivity contribution in [3.8, 4) is 17.3 Å². The van der Waals surface area contributed by atoms with Gasteiger partial charge in [-0.2, -0.15) is 18.4 Å². The van der Waals surface area contributed by atoms with Gasteiger partial charge >= 0.3 is 6.18 Å². The summed E-state index contributed by atoms with van der Waals surface area (Å²) < 4.78 is 43.4. The number of benzene rings is 2. The molecule has 2 aromatic carbocycles. The Morgan fingerprint density at radius 1 is 1.04 bits per heavy atom. The lowest BCUT2D eigenvalue weighted by Gasteiger charge is -2.07. The van der Waals surface area contributed by atoms with Gasteiger partial charge in [-0.1, -0.05) is 35.5 Å². The van der Waals surface area contributed by atoms with Crippen LogP contribution in [0.3, 0.4) is 0 Å². The van der Waals surface area contributed by atoms with Crippen LogP contribution in [0.25, 0.3) is 11.3 Å². The maximum atomic E-state index is 12.7. The van der Waals surface area contributed by atoms with Gasteiger partial charge < -0.3 is 4.52 Å². The number of rotatable bonds is 3. The second-order valence-corrected chi connectivity index (χ2v) is 5.25. The van der Waals surface area contributed by atoms with Gasteiger partial charge in [0.25, 0.3) is 0 Å². The summed E-state index contributed by atoms with van der Waals surface area (Å²) in [6.45, 7) is 0. The molecule has 1 aromatic heterocycles. The second kappa shape index (κ2) is 6.20. The molecular weight excluding hydrogens is 317 g/mol. The van der Waals surface area contributed by atoms with Gasteiger partial charge in [0.15, 0.2) is 0 Å². The third-order valence-electron chi connectivity index (χ3n) is 3.48. The standard InChI is InChI=1S/C18H11F3N2O/c19-18(20,21)15-6-2-3-12(8-15)9-16-10-17(23-24-16)14-5-1-4-13(7-14)11-22/h1-8,10H,9H2. The Bertz CT molecular complexity index is 907. The highest BCUT2D eigenvalue weighted by atomic mass is 19.4. The minimum atomic E-state index is -4.37. The number of hydrogen-bond donors (Lipinski definition) is 0. The van der Waals surface area contributed by atoms with E-state index >= 15 is 0 Å². The third kappa shape index (κ3) is 3.46. The van der Waals surface area contributed by atoms with Gasteiger partial charge in [-0.05, 0) is 23.8 Å². The topological polar surface area (TPSA) is 49.8 Å². The molecule has 0 amide bonds. The van der Waals surface area contributed by atoms with Crippen LogP contribution in [-0.4, -0.2) is 5.16 Å². The first-order valence-corrected chi connectivity index (χ1v) is 7.08. The largest absolute Gasteiger partial charge is 0.416 e. The number of halogens is 3. The van der Waals surface area contributed by atoms with Crippen LogP contribution in [0.2, 0.25) is 0 Å². The van der Waals surface area contributed by atoms with Gasteiger partial charge in [0.2, 0.25) is 0 Å². The van der Waals surface area contributed by atoms with Crippen LogP contribution in [0, 0.1) is 11.3 Å². The molecule has 0 atom stereocenters. The molecule has 0 fully saturated rings. The monoisotopic (exact) mass is 328 g/mol. The zero-order valence-corrected chi connectivity index (χ0v) is 12.3. The number of nitriles is 1. The molecule has 0 spiro atoms. The number of hydrogen-bond acceptors (Lipinski definition) is 3. The summed E-state index contributed by atoms with van der Waals surface area (Å²) in [5.74, 6) is 0.451. The van der Waals surface area contributed by atoms with Crippen molar-refractivity contribution in [1.82, 2.24) is 5.16 Å². The average molecular weight is 328 g/mol. The molecule has 0 aliphatic carbocycles. The molecule has 0 aliphatic heterocycles. The SMILES string of the molecule is N#Cc1cccc(-c2cc(Cc3cccc(C(F)(F)F)c3)on2)c1. The van der Waals surface area contributed by atoms with Gasteiger partial charge in [0.1, 0.15) is 11.5 Å². The van der Waals surface area contributed by atoms with Crippen LogP contribution in [-0.2, 0) is 12.6 Å². The van der Waals surface area contributed by atoms with E-state index in [4.69, 9.17) is 9.78 Å². The van der Waals surface area contributed by atoms with Gasteiger partial charge in [0.05, 0.1) is 17.2 Å². The van der Waals surface area contributed by atoms with Crippen molar-refractivity contribution in [2.75, 3.05) is 0 Å². The number of nitrogens with zero attached hydrogens (tertiary/aromatic N) is 2. The third-order valence-corrected chi connectivity index (χ3v) is 3.48. The van der Waals surface area contributed by atoms with Crippen molar-refractivity contribution < 1.29 is 17.7 Å². The van der Waals surface area contributed by atoms with Crippen LogP contribution in [0.1, 0.15) is 22.5 Å². The molecule has 3 nitrogen and oxygen atoms in total. The van der Waals surface area contributed by atoms with Crippen molar-refractivity contribution in [2.24, 2.45) is 0 Å². The zero-order valence-electron chi connectivity index (χ0n) is 12.3. The minimum absolute atomic E-state index is 0.203. The predicted octanol–water partition coefficient (Wildman–Crippen LogP) is 4.82. The lowest BCUT2D eigenvalue weighted by molar-refractivity contribution is -0.137. The summed E-state index contributed by atoms with van der Waals surface area (Å²) in [4.78, 5) is 0. The summed E-state index contributed by atoms with van der Waals surface area (Å²) in [6.07, 6.45) is -4.17. The molecule has 1 heterocycles. The van der Waals surface area contributed by atoms with Crippen LogP contribution in [0.5, 0.6) is 0 Å². The fourth-order valence-corrected chi connectivity index (χ4v) is 2.34. The number of alkyl halides is 3. The lowest BCUT2D eigenvalue weighted by Crippen LogP contribution is -2.05. The fourth-order valence-electron chi connectivity index (χ4n) is 2.34. The molecule has 0 aliphatic rings. The molecule has 3 aromatic rings. The summed E-state index contributed by atoms with van der Waals surface area (Å²) >= 11 is 0. The van der Waals surface area contributed by atoms with Crippen LogP contribution >= 0.6 is 0 Å². The first-order valence-electron chi connectivity index (χ1n) is 7.08. The summed E-state index contributed by atoms with van der Waals surface area (Å²) in [5.41, 5.74) is 1.54. The highest BCUT2D eigenvalue weighted by Gasteiger charge is 2.30. The first-order chi connectivity index (χ1) is 11.5. The minimum Gasteiger partial charge on any atom is -0.360 e. The Morgan fingerprint density at radius 2 is 1.83 bits per heavy atom. The predicted molar refractivity (Wildman–Crippen MR) is 80.9 cm³/mol. The normalized spacial score (nSPS) is 11.2. The summed E-state index contributed by atoms with van der Waals surface area (Å²) in [5, 5.41) is 12.8. The molecule has 0 bridgehead atoms. The van der Waals surface area contributed by atoms with E-state index in [2.05, 4.69) is 5.16 Å². The molecule has 0 unspecified atom stereocenters. The molecule has 0 saturated carbocycles. The van der Waals surface area contributed by atoms with Crippen molar-refractivity contribution >= 4 is 0 Å². The molecular formula is C18H11F3N2O. The van der Waals surface area contributed by atoms with Crippen LogP contribution < -0.4 is 0 Å². The van der Waals surface area contributed by atoms with E-state index in [1.54, 1.807) is 36.4 Å². The Kier molecular flexibility index (Phi) is 4.09. The molecule has 0 N–H and O–H groups in total. The Morgan fingerprint density at radius 3 is 2.58 bits per heavy atom. The molecule has 0 saturated heterocycles. The van der Waals surface area contributed by atoms with Crippen molar-refractivity contribution in [3.05, 3.63) is 77.0 Å². The van der Waals surface area contributed by atoms with Crippen molar-refractivity contribution in [3.63, 3.8) is 0 Å². The summed E-state index contributed by atoms with van der Waals surface area (Å²) in [6, 6.07) is 15.7. The highest BCUT2D eigenvalue weighted by molar-refractivity contribution is 5.61. The fraction of sp³-hybridized carbons (Fsp3) is 0.111. The Balaban J connectivity index is 1.83. The Labute approximate surface area is 135 Å². The van der Waals surface area contributed by atoms with E-state index in [1.165, 1.54) is 6.07 Å². The molecule has 6 heteroatoms. The first kappa shape index (κ1) is 15.8. The van der Waals surface area contributed by atoms with E-state index in [1.807, 2.05) is 6.07 Å². The van der Waals surface area contributed by atoms with E-state index in [0.29, 0.717) is 28.1 Å². The molecule has 0 radical (unpaired) electrons. The van der Waals surface area contributed by atoms with E-state index < -0.39 is 11.7 Å². The van der Waals surface area contributed by atoms with Gasteiger partial charge in [0, 0.05) is 18.1 Å².